The minimum Gasteiger partial charge on any atom is -0.450 e. The molecule has 5 nitrogen and oxygen atoms in total. The van der Waals surface area contributed by atoms with Crippen LogP contribution in [0.2, 0.25) is 0 Å². The fourth-order valence-electron chi connectivity index (χ4n) is 4.67. The van der Waals surface area contributed by atoms with Gasteiger partial charge in [0, 0.05) is 31.3 Å². The number of ether oxygens (including phenoxy) is 1. The van der Waals surface area contributed by atoms with Gasteiger partial charge in [0.1, 0.15) is 0 Å². The molecule has 1 atom stereocenters. The van der Waals surface area contributed by atoms with Crippen LogP contribution in [0.1, 0.15) is 29.2 Å². The van der Waals surface area contributed by atoms with Gasteiger partial charge in [-0.15, -0.1) is 0 Å². The maximum Gasteiger partial charge on any atom is 0.411 e. The van der Waals surface area contributed by atoms with Crippen LogP contribution in [0.25, 0.3) is 0 Å². The van der Waals surface area contributed by atoms with E-state index in [4.69, 9.17) is 4.74 Å². The molecular formula is C35H36N2O3. The monoisotopic (exact) mass is 532 g/mol. The molecule has 0 heterocycles. The third-order valence-electron chi connectivity index (χ3n) is 6.59. The first-order valence-electron chi connectivity index (χ1n) is 13.7. The molecule has 5 heteroatoms. The molecule has 1 amide bonds. The Kier molecular flexibility index (Phi) is 10.8. The van der Waals surface area contributed by atoms with Crippen molar-refractivity contribution in [3.8, 4) is 0 Å². The van der Waals surface area contributed by atoms with Crippen molar-refractivity contribution in [2.24, 2.45) is 0 Å². The summed E-state index contributed by atoms with van der Waals surface area (Å²) in [5.74, 6) is -0.0709. The smallest absolute Gasteiger partial charge is 0.411 e. The van der Waals surface area contributed by atoms with Gasteiger partial charge in [-0.25, -0.2) is 4.79 Å². The number of nitrogens with one attached hydrogen (secondary N) is 1. The summed E-state index contributed by atoms with van der Waals surface area (Å²) in [4.78, 5) is 28.8. The van der Waals surface area contributed by atoms with Gasteiger partial charge in [0.05, 0.1) is 12.6 Å². The largest absolute Gasteiger partial charge is 0.450 e. The molecule has 0 radical (unpaired) electrons. The molecule has 0 saturated heterocycles. The molecule has 4 aromatic rings. The predicted molar refractivity (Wildman–Crippen MR) is 159 cm³/mol. The molecule has 0 aromatic heterocycles. The molecule has 204 valence electrons. The third-order valence-corrected chi connectivity index (χ3v) is 6.59. The predicted octanol–water partition coefficient (Wildman–Crippen LogP) is 6.74. The van der Waals surface area contributed by atoms with E-state index in [-0.39, 0.29) is 12.4 Å². The highest BCUT2D eigenvalue weighted by molar-refractivity contribution is 5.95. The summed E-state index contributed by atoms with van der Waals surface area (Å²) >= 11 is 0. The van der Waals surface area contributed by atoms with E-state index in [2.05, 4.69) is 46.6 Å². The molecule has 0 unspecified atom stereocenters. The minimum atomic E-state index is -0.567. The summed E-state index contributed by atoms with van der Waals surface area (Å²) < 4.78 is 5.14. The number of hydrogen-bond donors (Lipinski definition) is 1. The molecule has 0 aliphatic carbocycles. The molecule has 1 N–H and O–H groups in total. The highest BCUT2D eigenvalue weighted by atomic mass is 16.5. The van der Waals surface area contributed by atoms with Gasteiger partial charge in [-0.2, -0.15) is 0 Å². The number of ketones is 1. The summed E-state index contributed by atoms with van der Waals surface area (Å²) in [6, 6.07) is 39.8. The van der Waals surface area contributed by atoms with Gasteiger partial charge in [-0.05, 0) is 35.6 Å². The normalized spacial score (nSPS) is 12.1. The Morgan fingerprint density at radius 1 is 0.700 bits per heavy atom. The number of alkyl carbamates (subject to hydrolysis) is 1. The number of carbonyl (C=O) groups excluding carboxylic acids is 2. The van der Waals surface area contributed by atoms with Gasteiger partial charge in [-0.1, -0.05) is 121 Å². The number of benzene rings is 4. The zero-order chi connectivity index (χ0) is 28.0. The van der Waals surface area contributed by atoms with E-state index in [0.29, 0.717) is 31.6 Å². The number of amides is 1. The second-order valence-electron chi connectivity index (χ2n) is 9.66. The van der Waals surface area contributed by atoms with E-state index in [1.165, 1.54) is 0 Å². The molecule has 4 rings (SSSR count). The number of allylic oxidation sites excluding steroid dienone is 1. The Labute approximate surface area is 237 Å². The van der Waals surface area contributed by atoms with E-state index < -0.39 is 12.1 Å². The van der Waals surface area contributed by atoms with E-state index in [9.17, 15) is 9.59 Å². The quantitative estimate of drug-likeness (QED) is 0.194. The lowest BCUT2D eigenvalue weighted by Crippen LogP contribution is -2.42. The van der Waals surface area contributed by atoms with Crippen molar-refractivity contribution in [1.29, 1.82) is 0 Å². The van der Waals surface area contributed by atoms with Crippen LogP contribution in [0, 0.1) is 0 Å². The Morgan fingerprint density at radius 2 is 1.15 bits per heavy atom. The summed E-state index contributed by atoms with van der Waals surface area (Å²) in [5.41, 5.74) is 4.82. The fourth-order valence-corrected chi connectivity index (χ4v) is 4.67. The zero-order valence-electron chi connectivity index (χ0n) is 22.9. The molecule has 4 aromatic carbocycles. The van der Waals surface area contributed by atoms with Crippen molar-refractivity contribution in [2.45, 2.75) is 38.9 Å². The average molecular weight is 533 g/mol. The van der Waals surface area contributed by atoms with Gasteiger partial charge in [0.15, 0.2) is 5.78 Å². The van der Waals surface area contributed by atoms with Gasteiger partial charge in [-0.3, -0.25) is 15.0 Å². The number of carbonyl (C=O) groups is 2. The first kappa shape index (κ1) is 28.5. The average Bonchev–Trinajstić information content (AvgIpc) is 2.98. The molecule has 40 heavy (non-hydrogen) atoms. The lowest BCUT2D eigenvalue weighted by molar-refractivity contribution is -0.120. The maximum atomic E-state index is 14.2. The molecule has 0 spiro atoms. The van der Waals surface area contributed by atoms with Crippen molar-refractivity contribution < 1.29 is 14.3 Å². The van der Waals surface area contributed by atoms with Gasteiger partial charge >= 0.3 is 6.09 Å². The second kappa shape index (κ2) is 15.2. The van der Waals surface area contributed by atoms with Crippen LogP contribution in [0.4, 0.5) is 4.79 Å². The molecule has 0 aliphatic heterocycles. The van der Waals surface area contributed by atoms with Gasteiger partial charge in [0.25, 0.3) is 0 Å². The molecule has 0 aliphatic rings. The van der Waals surface area contributed by atoms with Gasteiger partial charge in [0.2, 0.25) is 0 Å². The number of hydrogen-bond acceptors (Lipinski definition) is 4. The van der Waals surface area contributed by atoms with Crippen molar-refractivity contribution in [3.63, 3.8) is 0 Å². The lowest BCUT2D eigenvalue weighted by Gasteiger charge is -2.31. The van der Waals surface area contributed by atoms with Crippen molar-refractivity contribution in [1.82, 2.24) is 10.2 Å². The first-order chi connectivity index (χ1) is 19.6. The fraction of sp³-hybridized carbons (Fsp3) is 0.200. The molecule has 0 saturated carbocycles. The number of rotatable bonds is 13. The first-order valence-corrected chi connectivity index (χ1v) is 13.7. The van der Waals surface area contributed by atoms with E-state index in [1.807, 2.05) is 84.9 Å². The maximum absolute atomic E-state index is 14.2. The zero-order valence-corrected chi connectivity index (χ0v) is 22.9. The number of nitrogens with zero attached hydrogens (tertiary/aromatic N) is 1. The van der Waals surface area contributed by atoms with Crippen LogP contribution in [-0.2, 0) is 35.5 Å². The summed E-state index contributed by atoms with van der Waals surface area (Å²) in [6.07, 6.45) is 1.96. The SMILES string of the molecule is CCOC(=O)NC(=CC(=O)[C@H](Cc1ccccc1)N(Cc1ccccc1)Cc1ccccc1)Cc1ccccc1. The van der Waals surface area contributed by atoms with Crippen molar-refractivity contribution >= 4 is 11.9 Å². The van der Waals surface area contributed by atoms with E-state index in [0.717, 1.165) is 22.3 Å². The van der Waals surface area contributed by atoms with Crippen LogP contribution in [-0.4, -0.2) is 29.4 Å². The van der Waals surface area contributed by atoms with Gasteiger partial charge < -0.3 is 4.74 Å². The van der Waals surface area contributed by atoms with Crippen LogP contribution in [0.3, 0.4) is 0 Å². The standard InChI is InChI=1S/C35H36N2O3/c1-2-40-35(39)36-32(23-28-15-7-3-8-16-28)25-34(38)33(24-29-17-9-4-10-18-29)37(26-30-19-11-5-12-20-30)27-31-21-13-6-14-22-31/h3-22,25,33H,2,23-24,26-27H2,1H3,(H,36,39)/t33-/m0/s1. The third kappa shape index (κ3) is 9.07. The van der Waals surface area contributed by atoms with Crippen molar-refractivity contribution in [3.05, 3.63) is 155 Å². The summed E-state index contributed by atoms with van der Waals surface area (Å²) in [6.45, 7) is 3.21. The Hall–Kier alpha value is -4.48. The summed E-state index contributed by atoms with van der Waals surface area (Å²) in [7, 11) is 0. The highest BCUT2D eigenvalue weighted by Gasteiger charge is 2.26. The Morgan fingerprint density at radius 3 is 1.62 bits per heavy atom. The van der Waals surface area contributed by atoms with E-state index in [1.54, 1.807) is 13.0 Å². The topological polar surface area (TPSA) is 58.6 Å². The second-order valence-corrected chi connectivity index (χ2v) is 9.66. The van der Waals surface area contributed by atoms with Crippen LogP contribution >= 0.6 is 0 Å². The summed E-state index contributed by atoms with van der Waals surface area (Å²) in [5, 5.41) is 2.81. The Balaban J connectivity index is 1.71. The van der Waals surface area contributed by atoms with Crippen LogP contribution in [0.15, 0.2) is 133 Å². The molecule has 0 bridgehead atoms. The van der Waals surface area contributed by atoms with Crippen LogP contribution < -0.4 is 5.32 Å². The lowest BCUT2D eigenvalue weighted by atomic mass is 9.97. The van der Waals surface area contributed by atoms with Crippen LogP contribution in [0.5, 0.6) is 0 Å². The molecular weight excluding hydrogens is 496 g/mol. The van der Waals surface area contributed by atoms with Crippen molar-refractivity contribution in [2.75, 3.05) is 6.61 Å². The minimum absolute atomic E-state index is 0.0709. The Bertz CT molecular complexity index is 1320. The molecule has 0 fully saturated rings. The highest BCUT2D eigenvalue weighted by Crippen LogP contribution is 2.19. The van der Waals surface area contributed by atoms with E-state index >= 15 is 0 Å².